The number of carbonyl (C=O) groups is 2. The van der Waals surface area contributed by atoms with Crippen LogP contribution in [0.15, 0.2) is 48.7 Å². The van der Waals surface area contributed by atoms with Gasteiger partial charge in [0.1, 0.15) is 11.6 Å². The van der Waals surface area contributed by atoms with Crippen molar-refractivity contribution in [2.75, 3.05) is 31.6 Å². The van der Waals surface area contributed by atoms with Crippen molar-refractivity contribution in [3.8, 4) is 5.75 Å². The zero-order chi connectivity index (χ0) is 21.4. The second-order valence-electron chi connectivity index (χ2n) is 8.22. The van der Waals surface area contributed by atoms with Gasteiger partial charge in [0.15, 0.2) is 5.65 Å². The summed E-state index contributed by atoms with van der Waals surface area (Å²) >= 11 is 0. The zero-order valence-corrected chi connectivity index (χ0v) is 17.5. The molecule has 2 fully saturated rings. The minimum atomic E-state index is -0.326. The van der Waals surface area contributed by atoms with Gasteiger partial charge in [-0.3, -0.25) is 14.0 Å². The Balaban J connectivity index is 1.30. The number of hydrogen-bond acceptors (Lipinski definition) is 5. The number of amides is 2. The maximum Gasteiger partial charge on any atom is 0.228 e. The summed E-state index contributed by atoms with van der Waals surface area (Å²) in [5.41, 5.74) is 1.59. The van der Waals surface area contributed by atoms with E-state index < -0.39 is 0 Å². The van der Waals surface area contributed by atoms with Crippen molar-refractivity contribution in [3.05, 3.63) is 54.5 Å². The minimum absolute atomic E-state index is 0.0244. The number of carbonyl (C=O) groups excluding carboxylic acids is 2. The Hall–Kier alpha value is -3.42. The van der Waals surface area contributed by atoms with E-state index in [1.165, 1.54) is 0 Å². The average molecular weight is 419 g/mol. The van der Waals surface area contributed by atoms with Gasteiger partial charge in [0, 0.05) is 49.9 Å². The van der Waals surface area contributed by atoms with Crippen LogP contribution in [-0.4, -0.2) is 58.1 Å². The van der Waals surface area contributed by atoms with Crippen LogP contribution in [0.4, 0.5) is 5.69 Å². The van der Waals surface area contributed by atoms with E-state index in [1.54, 1.807) is 12.0 Å². The molecule has 0 unspecified atom stereocenters. The quantitative estimate of drug-likeness (QED) is 0.649. The van der Waals surface area contributed by atoms with Gasteiger partial charge in [0.2, 0.25) is 11.8 Å². The molecule has 0 spiro atoms. The molecule has 31 heavy (non-hydrogen) atoms. The van der Waals surface area contributed by atoms with Crippen molar-refractivity contribution >= 4 is 23.1 Å². The molecular formula is C23H25N5O3. The topological polar surface area (TPSA) is 80.0 Å². The van der Waals surface area contributed by atoms with Crippen LogP contribution in [0.5, 0.6) is 5.75 Å². The third-order valence-electron chi connectivity index (χ3n) is 6.28. The summed E-state index contributed by atoms with van der Waals surface area (Å²) in [5.74, 6) is 1.43. The SMILES string of the molecule is COc1cccc(N2C[C@H](C(=O)N3CCC[C@@H](c4nnc5ccccn45)C3)CC2=O)c1. The van der Waals surface area contributed by atoms with Crippen molar-refractivity contribution < 1.29 is 14.3 Å². The molecule has 5 rings (SSSR count). The number of nitrogens with zero attached hydrogens (tertiary/aromatic N) is 5. The molecule has 0 saturated carbocycles. The minimum Gasteiger partial charge on any atom is -0.497 e. The number of fused-ring (bicyclic) bond motifs is 1. The molecule has 8 heteroatoms. The van der Waals surface area contributed by atoms with Crippen LogP contribution in [0, 0.1) is 5.92 Å². The van der Waals surface area contributed by atoms with Gasteiger partial charge in [-0.05, 0) is 37.1 Å². The molecular weight excluding hydrogens is 394 g/mol. The normalized spacial score (nSPS) is 21.6. The Morgan fingerprint density at radius 3 is 2.90 bits per heavy atom. The van der Waals surface area contributed by atoms with Crippen molar-refractivity contribution in [2.24, 2.45) is 5.92 Å². The van der Waals surface area contributed by atoms with Gasteiger partial charge in [0.25, 0.3) is 0 Å². The predicted molar refractivity (Wildman–Crippen MR) is 115 cm³/mol. The van der Waals surface area contributed by atoms with Gasteiger partial charge in [-0.2, -0.15) is 0 Å². The van der Waals surface area contributed by atoms with E-state index >= 15 is 0 Å². The fourth-order valence-electron chi connectivity index (χ4n) is 4.69. The lowest BCUT2D eigenvalue weighted by Crippen LogP contribution is -2.43. The molecule has 8 nitrogen and oxygen atoms in total. The standard InChI is InChI=1S/C23H25N5O3/c1-31-19-8-4-7-18(13-19)28-15-17(12-21(28)29)23(30)26-10-5-6-16(14-26)22-25-24-20-9-2-3-11-27(20)22/h2-4,7-9,11,13,16-17H,5-6,10,12,14-15H2,1H3/t16-,17-/m1/s1. The van der Waals surface area contributed by atoms with Crippen LogP contribution in [0.3, 0.4) is 0 Å². The lowest BCUT2D eigenvalue weighted by Gasteiger charge is -2.33. The van der Waals surface area contributed by atoms with E-state index in [9.17, 15) is 9.59 Å². The Morgan fingerprint density at radius 1 is 1.13 bits per heavy atom. The number of benzene rings is 1. The highest BCUT2D eigenvalue weighted by Crippen LogP contribution is 2.31. The van der Waals surface area contributed by atoms with Crippen LogP contribution < -0.4 is 9.64 Å². The first-order valence-corrected chi connectivity index (χ1v) is 10.7. The van der Waals surface area contributed by atoms with Crippen molar-refractivity contribution in [2.45, 2.75) is 25.2 Å². The summed E-state index contributed by atoms with van der Waals surface area (Å²) in [5, 5.41) is 8.65. The van der Waals surface area contributed by atoms with Crippen molar-refractivity contribution in [1.82, 2.24) is 19.5 Å². The lowest BCUT2D eigenvalue weighted by atomic mass is 9.95. The fraction of sp³-hybridized carbons (Fsp3) is 0.391. The fourth-order valence-corrected chi connectivity index (χ4v) is 4.69. The van der Waals surface area contributed by atoms with Crippen LogP contribution in [0.1, 0.15) is 31.0 Å². The summed E-state index contributed by atoms with van der Waals surface area (Å²) in [7, 11) is 1.60. The van der Waals surface area contributed by atoms with E-state index in [2.05, 4.69) is 10.2 Å². The van der Waals surface area contributed by atoms with Crippen molar-refractivity contribution in [3.63, 3.8) is 0 Å². The van der Waals surface area contributed by atoms with Crippen LogP contribution in [0.2, 0.25) is 0 Å². The Morgan fingerprint density at radius 2 is 2.03 bits per heavy atom. The number of anilines is 1. The average Bonchev–Trinajstić information content (AvgIpc) is 3.42. The molecule has 3 aromatic rings. The third-order valence-corrected chi connectivity index (χ3v) is 6.28. The van der Waals surface area contributed by atoms with Gasteiger partial charge in [-0.25, -0.2) is 0 Å². The van der Waals surface area contributed by atoms with Gasteiger partial charge < -0.3 is 14.5 Å². The predicted octanol–water partition coefficient (Wildman–Crippen LogP) is 2.50. The third kappa shape index (κ3) is 3.62. The highest BCUT2D eigenvalue weighted by Gasteiger charge is 2.39. The Bertz CT molecular complexity index is 1130. The first-order chi connectivity index (χ1) is 15.1. The van der Waals surface area contributed by atoms with Gasteiger partial charge >= 0.3 is 0 Å². The maximum atomic E-state index is 13.3. The largest absolute Gasteiger partial charge is 0.497 e. The maximum absolute atomic E-state index is 13.3. The van der Waals surface area contributed by atoms with E-state index in [1.807, 2.05) is 58.0 Å². The smallest absolute Gasteiger partial charge is 0.228 e. The first-order valence-electron chi connectivity index (χ1n) is 10.7. The number of aromatic nitrogens is 3. The van der Waals surface area contributed by atoms with E-state index in [0.29, 0.717) is 18.8 Å². The number of ether oxygens (including phenoxy) is 1. The summed E-state index contributed by atoms with van der Waals surface area (Å²) in [6.07, 6.45) is 4.09. The van der Waals surface area contributed by atoms with Crippen LogP contribution >= 0.6 is 0 Å². The molecule has 2 atom stereocenters. The second kappa shape index (κ2) is 8.02. The lowest BCUT2D eigenvalue weighted by molar-refractivity contribution is -0.137. The number of methoxy groups -OCH3 is 1. The highest BCUT2D eigenvalue weighted by atomic mass is 16.5. The number of pyridine rings is 1. The number of hydrogen-bond donors (Lipinski definition) is 0. The molecule has 4 heterocycles. The monoisotopic (exact) mass is 419 g/mol. The number of rotatable bonds is 4. The molecule has 2 saturated heterocycles. The summed E-state index contributed by atoms with van der Waals surface area (Å²) in [4.78, 5) is 29.6. The molecule has 0 bridgehead atoms. The van der Waals surface area contributed by atoms with Gasteiger partial charge in [0.05, 0.1) is 13.0 Å². The zero-order valence-electron chi connectivity index (χ0n) is 17.5. The highest BCUT2D eigenvalue weighted by molar-refractivity contribution is 6.00. The van der Waals surface area contributed by atoms with Crippen molar-refractivity contribution in [1.29, 1.82) is 0 Å². The number of likely N-dealkylation sites (tertiary alicyclic amines) is 1. The Labute approximate surface area is 180 Å². The first kappa shape index (κ1) is 19.5. The summed E-state index contributed by atoms with van der Waals surface area (Å²) in [6.45, 7) is 1.73. The van der Waals surface area contributed by atoms with Crippen LogP contribution in [-0.2, 0) is 9.59 Å². The van der Waals surface area contributed by atoms with E-state index in [4.69, 9.17) is 4.74 Å². The molecule has 2 aliphatic rings. The van der Waals surface area contributed by atoms with Gasteiger partial charge in [-0.1, -0.05) is 12.1 Å². The molecule has 2 aromatic heterocycles. The molecule has 2 amide bonds. The second-order valence-corrected chi connectivity index (χ2v) is 8.22. The van der Waals surface area contributed by atoms with Crippen LogP contribution in [0.25, 0.3) is 5.65 Å². The molecule has 0 radical (unpaired) electrons. The van der Waals surface area contributed by atoms with E-state index in [0.717, 1.165) is 36.5 Å². The summed E-state index contributed by atoms with van der Waals surface area (Å²) in [6, 6.07) is 13.2. The molecule has 0 N–H and O–H groups in total. The van der Waals surface area contributed by atoms with E-state index in [-0.39, 0.29) is 30.1 Å². The molecule has 160 valence electrons. The molecule has 0 aliphatic carbocycles. The Kier molecular flexibility index (Phi) is 5.05. The number of piperidine rings is 1. The summed E-state index contributed by atoms with van der Waals surface area (Å²) < 4.78 is 7.27. The van der Waals surface area contributed by atoms with Gasteiger partial charge in [-0.15, -0.1) is 10.2 Å². The molecule has 1 aromatic carbocycles. The molecule has 2 aliphatic heterocycles.